The van der Waals surface area contributed by atoms with E-state index in [1.54, 1.807) is 0 Å². The molecule has 6 heteroatoms. The number of imidazole rings is 1. The number of nitriles is 1. The molecule has 3 rings (SSSR count). The van der Waals surface area contributed by atoms with Gasteiger partial charge in [-0.05, 0) is 5.56 Å². The van der Waals surface area contributed by atoms with Crippen LogP contribution in [-0.4, -0.2) is 19.7 Å². The van der Waals surface area contributed by atoms with Crippen molar-refractivity contribution in [3.8, 4) is 17.6 Å². The predicted octanol–water partition coefficient (Wildman–Crippen LogP) is 1.28. The summed E-state index contributed by atoms with van der Waals surface area (Å²) in [4.78, 5) is 17.7. The van der Waals surface area contributed by atoms with Crippen LogP contribution < -0.4 is 4.84 Å². The molecule has 0 spiro atoms. The van der Waals surface area contributed by atoms with Crippen LogP contribution in [-0.2, 0) is 6.61 Å². The van der Waals surface area contributed by atoms with Crippen LogP contribution in [0.5, 0.6) is 0 Å². The van der Waals surface area contributed by atoms with Crippen LogP contribution in [0.4, 0.5) is 0 Å². The molecule has 0 bridgehead atoms. The minimum Gasteiger partial charge on any atom is -0.406 e. The second-order valence-corrected chi connectivity index (χ2v) is 3.84. The molecule has 0 amide bonds. The Labute approximate surface area is 109 Å². The summed E-state index contributed by atoms with van der Waals surface area (Å²) in [5, 5.41) is 8.92. The van der Waals surface area contributed by atoms with E-state index < -0.39 is 0 Å². The van der Waals surface area contributed by atoms with Gasteiger partial charge in [-0.25, -0.2) is 15.0 Å². The van der Waals surface area contributed by atoms with Crippen molar-refractivity contribution in [1.82, 2.24) is 19.7 Å². The Morgan fingerprint density at radius 1 is 1.16 bits per heavy atom. The van der Waals surface area contributed by atoms with E-state index in [1.807, 2.05) is 36.4 Å². The smallest absolute Gasteiger partial charge is 0.200 e. The van der Waals surface area contributed by atoms with Crippen molar-refractivity contribution in [1.29, 1.82) is 5.26 Å². The van der Waals surface area contributed by atoms with Gasteiger partial charge in [0, 0.05) is 0 Å². The summed E-state index contributed by atoms with van der Waals surface area (Å²) in [6.45, 7) is 0.390. The highest BCUT2D eigenvalue weighted by molar-refractivity contribution is 5.57. The predicted molar refractivity (Wildman–Crippen MR) is 65.9 cm³/mol. The molecule has 2 aliphatic heterocycles. The van der Waals surface area contributed by atoms with Gasteiger partial charge >= 0.3 is 0 Å². The first-order chi connectivity index (χ1) is 9.38. The van der Waals surface area contributed by atoms with Gasteiger partial charge in [-0.2, -0.15) is 9.99 Å². The van der Waals surface area contributed by atoms with Gasteiger partial charge in [-0.3, -0.25) is 0 Å². The summed E-state index contributed by atoms with van der Waals surface area (Å²) < 4.78 is 1.43. The summed E-state index contributed by atoms with van der Waals surface area (Å²) in [6.07, 6.45) is 2.81. The third-order valence-electron chi connectivity index (χ3n) is 2.62. The van der Waals surface area contributed by atoms with Crippen LogP contribution in [0.25, 0.3) is 11.5 Å². The second-order valence-electron chi connectivity index (χ2n) is 3.84. The molecule has 0 atom stereocenters. The third kappa shape index (κ3) is 2.09. The molecule has 92 valence electrons. The molecule has 0 saturated heterocycles. The van der Waals surface area contributed by atoms with Gasteiger partial charge in [0.1, 0.15) is 31.0 Å². The van der Waals surface area contributed by atoms with Gasteiger partial charge in [0.2, 0.25) is 0 Å². The number of benzene rings is 1. The Hall–Kier alpha value is -2.94. The normalized spacial score (nSPS) is 10.3. The Bertz CT molecular complexity index is 701. The molecule has 1 aromatic carbocycles. The van der Waals surface area contributed by atoms with E-state index in [4.69, 9.17) is 10.1 Å². The zero-order valence-corrected chi connectivity index (χ0v) is 9.89. The van der Waals surface area contributed by atoms with Crippen LogP contribution in [0, 0.1) is 11.3 Å². The van der Waals surface area contributed by atoms with E-state index in [0.717, 1.165) is 5.56 Å². The summed E-state index contributed by atoms with van der Waals surface area (Å²) >= 11 is 0. The van der Waals surface area contributed by atoms with Crippen molar-refractivity contribution in [2.45, 2.75) is 6.61 Å². The number of nitrogens with zero attached hydrogens (tertiary/aromatic N) is 5. The molecule has 0 fully saturated rings. The Kier molecular flexibility index (Phi) is 2.79. The lowest BCUT2D eigenvalue weighted by Gasteiger charge is -2.11. The highest BCUT2D eigenvalue weighted by atomic mass is 16.7. The number of fused-ring (bicyclic) bond motifs is 1. The molecular weight excluding hydrogens is 242 g/mol. The first-order valence-corrected chi connectivity index (χ1v) is 5.64. The van der Waals surface area contributed by atoms with Gasteiger partial charge in [0.05, 0.1) is 0 Å². The zero-order chi connectivity index (χ0) is 13.1. The average molecular weight is 251 g/mol. The Morgan fingerprint density at radius 2 is 2.00 bits per heavy atom. The van der Waals surface area contributed by atoms with Crippen molar-refractivity contribution < 1.29 is 4.84 Å². The quantitative estimate of drug-likeness (QED) is 0.700. The molecule has 2 aliphatic rings. The fourth-order valence-corrected chi connectivity index (χ4v) is 1.71. The third-order valence-corrected chi connectivity index (χ3v) is 2.62. The van der Waals surface area contributed by atoms with Gasteiger partial charge in [0.15, 0.2) is 11.5 Å². The number of aromatic nitrogens is 4. The molecule has 1 aromatic rings. The first-order valence-electron chi connectivity index (χ1n) is 5.64. The summed E-state index contributed by atoms with van der Waals surface area (Å²) in [5.74, 6) is 0.488. The van der Waals surface area contributed by atoms with Gasteiger partial charge < -0.3 is 4.84 Å². The average Bonchev–Trinajstić information content (AvgIpc) is 2.95. The van der Waals surface area contributed by atoms with Gasteiger partial charge in [-0.1, -0.05) is 30.3 Å². The fraction of sp³-hybridized carbons (Fsp3) is 0.0769. The van der Waals surface area contributed by atoms with Crippen LogP contribution >= 0.6 is 0 Å². The maximum atomic E-state index is 8.92. The molecular formula is C13H9N5O. The highest BCUT2D eigenvalue weighted by Crippen LogP contribution is 2.18. The van der Waals surface area contributed by atoms with E-state index >= 15 is 0 Å². The molecule has 0 N–H and O–H groups in total. The summed E-state index contributed by atoms with van der Waals surface area (Å²) in [7, 11) is 0. The summed E-state index contributed by atoms with van der Waals surface area (Å²) in [6, 6.07) is 11.7. The van der Waals surface area contributed by atoms with Gasteiger partial charge in [-0.15, -0.1) is 0 Å². The molecule has 0 radical (unpaired) electrons. The van der Waals surface area contributed by atoms with Gasteiger partial charge in [0.25, 0.3) is 0 Å². The lowest BCUT2D eigenvalue weighted by atomic mass is 10.2. The fourth-order valence-electron chi connectivity index (χ4n) is 1.71. The molecule has 0 aliphatic carbocycles. The standard InChI is InChI=1S/C13H9N5O/c14-6-11-12-13(16-8-15-12)18(9-17-11)19-7-10-4-2-1-3-5-10/h1-5,8-9H,7H2. The minimum atomic E-state index is 0.243. The van der Waals surface area contributed by atoms with Crippen molar-refractivity contribution in [3.05, 3.63) is 54.2 Å². The molecule has 2 heterocycles. The number of hydrogen-bond acceptors (Lipinski definition) is 5. The first kappa shape index (κ1) is 11.2. The van der Waals surface area contributed by atoms with E-state index in [0.29, 0.717) is 18.1 Å². The van der Waals surface area contributed by atoms with Crippen LogP contribution in [0.2, 0.25) is 0 Å². The zero-order valence-electron chi connectivity index (χ0n) is 9.89. The van der Waals surface area contributed by atoms with E-state index in [-0.39, 0.29) is 5.69 Å². The topological polar surface area (TPSA) is 76.6 Å². The molecule has 0 saturated carbocycles. The van der Waals surface area contributed by atoms with Crippen molar-refractivity contribution in [2.75, 3.05) is 0 Å². The van der Waals surface area contributed by atoms with E-state index in [1.165, 1.54) is 17.4 Å². The van der Waals surface area contributed by atoms with Crippen molar-refractivity contribution in [3.63, 3.8) is 0 Å². The largest absolute Gasteiger partial charge is 0.406 e. The number of rotatable bonds is 3. The summed E-state index contributed by atoms with van der Waals surface area (Å²) in [5.41, 5.74) is 1.72. The maximum Gasteiger partial charge on any atom is 0.200 e. The number of hydrogen-bond donors (Lipinski definition) is 0. The van der Waals surface area contributed by atoms with Crippen molar-refractivity contribution >= 4 is 0 Å². The highest BCUT2D eigenvalue weighted by Gasteiger charge is 2.17. The van der Waals surface area contributed by atoms with Crippen LogP contribution in [0.15, 0.2) is 43.0 Å². The van der Waals surface area contributed by atoms with E-state index in [9.17, 15) is 0 Å². The van der Waals surface area contributed by atoms with Crippen molar-refractivity contribution in [2.24, 2.45) is 0 Å². The molecule has 0 unspecified atom stereocenters. The lowest BCUT2D eigenvalue weighted by Crippen LogP contribution is -2.16. The monoisotopic (exact) mass is 251 g/mol. The second kappa shape index (κ2) is 4.74. The molecule has 0 aromatic heterocycles. The van der Waals surface area contributed by atoms with Crippen LogP contribution in [0.3, 0.4) is 0 Å². The minimum absolute atomic E-state index is 0.243. The molecule has 6 nitrogen and oxygen atoms in total. The maximum absolute atomic E-state index is 8.92. The molecule has 19 heavy (non-hydrogen) atoms. The van der Waals surface area contributed by atoms with E-state index in [2.05, 4.69) is 15.0 Å². The van der Waals surface area contributed by atoms with Crippen LogP contribution in [0.1, 0.15) is 11.3 Å². The lowest BCUT2D eigenvalue weighted by molar-refractivity contribution is 0.0953. The Morgan fingerprint density at radius 3 is 2.79 bits per heavy atom. The Balaban J connectivity index is 1.87. The SMILES string of the molecule is N#Cc1ncn(OCc2ccccc2)c2ncnc1-2.